The molecule has 0 aliphatic carbocycles. The van der Waals surface area contributed by atoms with E-state index >= 15 is 0 Å². The van der Waals surface area contributed by atoms with Gasteiger partial charge in [-0.05, 0) is 86.2 Å². The normalized spacial score (nSPS) is 16.3. The van der Waals surface area contributed by atoms with Crippen LogP contribution in [0.2, 0.25) is 10.0 Å². The highest BCUT2D eigenvalue weighted by atomic mass is 35.5. The second kappa shape index (κ2) is 17.9. The van der Waals surface area contributed by atoms with Crippen LogP contribution in [0.25, 0.3) is 0 Å². The second-order valence-electron chi connectivity index (χ2n) is 12.4. The van der Waals surface area contributed by atoms with Crippen molar-refractivity contribution in [2.24, 2.45) is 0 Å². The molecule has 0 unspecified atom stereocenters. The highest BCUT2D eigenvalue weighted by Gasteiger charge is 2.58. The maximum atomic E-state index is 14.7. The predicted octanol–water partition coefficient (Wildman–Crippen LogP) is 8.57. The number of thiocarbonyl (C=S) groups is 1. The van der Waals surface area contributed by atoms with E-state index in [2.05, 4.69) is 10.6 Å². The van der Waals surface area contributed by atoms with Gasteiger partial charge in [0.2, 0.25) is 0 Å². The van der Waals surface area contributed by atoms with E-state index < -0.39 is 46.4 Å². The summed E-state index contributed by atoms with van der Waals surface area (Å²) < 4.78 is 70.8. The van der Waals surface area contributed by atoms with E-state index in [-0.39, 0.29) is 48.5 Å². The number of nitrogens with one attached hydrogen (secondary N) is 2. The predicted molar refractivity (Wildman–Crippen MR) is 210 cm³/mol. The number of halogens is 6. The number of alkyl halides is 3. The minimum absolute atomic E-state index is 0.0877. The van der Waals surface area contributed by atoms with Crippen molar-refractivity contribution in [2.75, 3.05) is 48.8 Å². The third-order valence-electron chi connectivity index (χ3n) is 8.95. The van der Waals surface area contributed by atoms with Gasteiger partial charge in [-0.3, -0.25) is 14.5 Å². The first-order chi connectivity index (χ1) is 27.1. The van der Waals surface area contributed by atoms with E-state index in [1.807, 2.05) is 19.9 Å². The number of ether oxygens (including phenoxy) is 3. The Kier molecular flexibility index (Phi) is 13.4. The molecule has 1 spiro atoms. The van der Waals surface area contributed by atoms with Crippen molar-refractivity contribution in [3.8, 4) is 6.07 Å². The third-order valence-corrected chi connectivity index (χ3v) is 10.1. The molecule has 0 saturated carbocycles. The van der Waals surface area contributed by atoms with Crippen LogP contribution in [-0.2, 0) is 25.2 Å². The van der Waals surface area contributed by atoms with E-state index in [1.54, 1.807) is 30.3 Å². The summed E-state index contributed by atoms with van der Waals surface area (Å²) in [5.41, 5.74) is -1.10. The molecule has 57 heavy (non-hydrogen) atoms. The molecular weight excluding hydrogens is 813 g/mol. The Morgan fingerprint density at radius 2 is 1.77 bits per heavy atom. The summed E-state index contributed by atoms with van der Waals surface area (Å²) in [5, 5.41) is 15.3. The topological polar surface area (TPSA) is 133 Å². The van der Waals surface area contributed by atoms with Crippen molar-refractivity contribution in [3.05, 3.63) is 116 Å². The van der Waals surface area contributed by atoms with Crippen molar-refractivity contribution in [3.63, 3.8) is 0 Å². The number of nitriles is 1. The van der Waals surface area contributed by atoms with Crippen LogP contribution in [0, 0.1) is 24.1 Å². The molecule has 2 N–H and O–H groups in total. The van der Waals surface area contributed by atoms with Gasteiger partial charge in [-0.25, -0.2) is 9.18 Å². The van der Waals surface area contributed by atoms with Gasteiger partial charge >= 0.3 is 12.1 Å². The average Bonchev–Trinajstić information content (AvgIpc) is 3.76. The maximum absolute atomic E-state index is 14.7. The van der Waals surface area contributed by atoms with Crippen LogP contribution in [0.5, 0.6) is 0 Å². The van der Waals surface area contributed by atoms with Crippen LogP contribution in [0.1, 0.15) is 50.8 Å². The number of anilines is 4. The van der Waals surface area contributed by atoms with Gasteiger partial charge in [0.1, 0.15) is 5.82 Å². The largest absolute Gasteiger partial charge is 0.435 e. The van der Waals surface area contributed by atoms with Crippen molar-refractivity contribution in [1.82, 2.24) is 5.32 Å². The number of para-hydroxylation sites is 1. The summed E-state index contributed by atoms with van der Waals surface area (Å²) in [6, 6.07) is 18.6. The number of esters is 1. The standard InChI is InChI=1S/C22H16F4N4O3S.C17H17Cl2NO3/c1-28-18(31)15-5-4-14(9-17(15)23)30-20(34)29(19(32)21(30)6-7-33-11-21)13-3-2-12(10-27)16(8-13)22(24,25)26;1-3-22-10-23-17(21)12-6-4-5-7-14(12)20-16-13(18)9-8-11(2)15(16)19/h2-5,8-9H,6-7,11H2,1H3,(H,28,31);4-9,20H,3,10H2,1-2H3/t21-;/m0./s1. The SMILES string of the molecule is CCOCOC(=O)c1ccccc1Nc1c(Cl)ccc(C)c1Cl.CNC(=O)c1ccc(N2C(=S)N(c3ccc(C#N)c(C(F)(F)F)c3)C(=O)[C@@]23CCOC3)cc1F. The van der Waals surface area contributed by atoms with Crippen molar-refractivity contribution in [2.45, 2.75) is 32.0 Å². The molecule has 2 aliphatic rings. The summed E-state index contributed by atoms with van der Waals surface area (Å²) in [5.74, 6) is -2.63. The van der Waals surface area contributed by atoms with Gasteiger partial charge in [-0.2, -0.15) is 18.4 Å². The molecule has 2 fully saturated rings. The van der Waals surface area contributed by atoms with Gasteiger partial charge in [-0.1, -0.05) is 41.4 Å². The first-order valence-corrected chi connectivity index (χ1v) is 18.2. The fourth-order valence-electron chi connectivity index (χ4n) is 6.06. The number of nitrogens with zero attached hydrogens (tertiary/aromatic N) is 3. The second-order valence-corrected chi connectivity index (χ2v) is 13.6. The maximum Gasteiger partial charge on any atom is 0.417 e. The molecule has 298 valence electrons. The van der Waals surface area contributed by atoms with Gasteiger partial charge < -0.3 is 29.7 Å². The van der Waals surface area contributed by atoms with Crippen molar-refractivity contribution < 1.29 is 46.2 Å². The fraction of sp³-hybridized carbons (Fsp3) is 0.256. The molecule has 2 aliphatic heterocycles. The molecule has 2 saturated heterocycles. The van der Waals surface area contributed by atoms with Gasteiger partial charge in [0.15, 0.2) is 17.4 Å². The average molecular weight is 847 g/mol. The molecule has 4 aromatic rings. The molecule has 1 atom stereocenters. The van der Waals surface area contributed by atoms with Crippen LogP contribution < -0.4 is 20.4 Å². The number of benzene rings is 4. The molecule has 0 aromatic heterocycles. The quantitative estimate of drug-likeness (QED) is 0.0555. The van der Waals surface area contributed by atoms with E-state index in [0.29, 0.717) is 39.7 Å². The lowest BCUT2D eigenvalue weighted by Crippen LogP contribution is -2.50. The summed E-state index contributed by atoms with van der Waals surface area (Å²) in [6.45, 7) is 4.15. The number of hydrogen-bond donors (Lipinski definition) is 2. The van der Waals surface area contributed by atoms with Gasteiger partial charge in [0.05, 0.1) is 62.0 Å². The van der Waals surface area contributed by atoms with E-state index in [1.165, 1.54) is 36.2 Å². The zero-order chi connectivity index (χ0) is 41.7. The Morgan fingerprint density at radius 3 is 2.40 bits per heavy atom. The first-order valence-electron chi connectivity index (χ1n) is 17.0. The van der Waals surface area contributed by atoms with E-state index in [4.69, 9.17) is 54.9 Å². The number of rotatable bonds is 9. The lowest BCUT2D eigenvalue weighted by Gasteiger charge is -2.31. The first kappa shape index (κ1) is 42.8. The fourth-order valence-corrected chi connectivity index (χ4v) is 6.99. The highest BCUT2D eigenvalue weighted by Crippen LogP contribution is 2.43. The zero-order valence-electron chi connectivity index (χ0n) is 30.4. The number of carbonyl (C=O) groups is 3. The number of carbonyl (C=O) groups excluding carboxylic acids is 3. The van der Waals surface area contributed by atoms with Crippen LogP contribution >= 0.6 is 35.4 Å². The minimum Gasteiger partial charge on any atom is -0.435 e. The van der Waals surface area contributed by atoms with Crippen LogP contribution in [0.4, 0.5) is 40.3 Å². The van der Waals surface area contributed by atoms with E-state index in [9.17, 15) is 31.9 Å². The molecule has 4 aromatic carbocycles. The Balaban J connectivity index is 0.000000235. The molecule has 0 bridgehead atoms. The smallest absolute Gasteiger partial charge is 0.417 e. The van der Waals surface area contributed by atoms with Crippen LogP contribution in [0.15, 0.2) is 72.8 Å². The van der Waals surface area contributed by atoms with Crippen molar-refractivity contribution in [1.29, 1.82) is 5.26 Å². The Bertz CT molecular complexity index is 2270. The molecule has 18 heteroatoms. The van der Waals surface area contributed by atoms with Crippen molar-refractivity contribution >= 4 is 81.1 Å². The Hall–Kier alpha value is -5.31. The van der Waals surface area contributed by atoms with E-state index in [0.717, 1.165) is 22.6 Å². The van der Waals surface area contributed by atoms with Crippen LogP contribution in [0.3, 0.4) is 0 Å². The molecular formula is C39H33Cl2F4N5O6S. The molecule has 11 nitrogen and oxygen atoms in total. The van der Waals surface area contributed by atoms with Gasteiger partial charge in [-0.15, -0.1) is 0 Å². The number of hydrogen-bond acceptors (Lipinski definition) is 9. The number of amides is 2. The van der Waals surface area contributed by atoms with Gasteiger partial charge in [0, 0.05) is 32.4 Å². The highest BCUT2D eigenvalue weighted by molar-refractivity contribution is 7.81. The third kappa shape index (κ3) is 8.83. The Morgan fingerprint density at radius 1 is 1.05 bits per heavy atom. The summed E-state index contributed by atoms with van der Waals surface area (Å²) in [7, 11) is 1.35. The molecule has 2 amide bonds. The molecule has 6 rings (SSSR count). The van der Waals surface area contributed by atoms with Crippen LogP contribution in [-0.4, -0.2) is 62.1 Å². The molecule has 2 heterocycles. The zero-order valence-corrected chi connectivity index (χ0v) is 32.8. The Labute approximate surface area is 340 Å². The lowest BCUT2D eigenvalue weighted by molar-refractivity contribution is -0.137. The monoisotopic (exact) mass is 845 g/mol. The summed E-state index contributed by atoms with van der Waals surface area (Å²) >= 11 is 18.0. The summed E-state index contributed by atoms with van der Waals surface area (Å²) in [6.07, 6.45) is -4.68. The molecule has 0 radical (unpaired) electrons. The van der Waals surface area contributed by atoms with Gasteiger partial charge in [0.25, 0.3) is 11.8 Å². The number of aryl methyl sites for hydroxylation is 1. The lowest BCUT2D eigenvalue weighted by atomic mass is 9.95. The minimum atomic E-state index is -4.84. The summed E-state index contributed by atoms with van der Waals surface area (Å²) in [4.78, 5) is 39.8.